The lowest BCUT2D eigenvalue weighted by Crippen LogP contribution is -2.44. The molecule has 2 amide bonds. The number of likely N-dealkylation sites (tertiary alicyclic amines) is 1. The Balaban J connectivity index is 1.50. The Bertz CT molecular complexity index is 1090. The maximum absolute atomic E-state index is 13.3. The Morgan fingerprint density at radius 3 is 2.66 bits per heavy atom. The summed E-state index contributed by atoms with van der Waals surface area (Å²) in [5, 5.41) is 2.75. The Morgan fingerprint density at radius 1 is 1.19 bits per heavy atom. The molecule has 0 spiro atoms. The van der Waals surface area contributed by atoms with Crippen LogP contribution in [0.15, 0.2) is 41.4 Å². The number of benzene rings is 1. The molecule has 172 valence electrons. The summed E-state index contributed by atoms with van der Waals surface area (Å²) < 4.78 is 52.9. The van der Waals surface area contributed by atoms with Gasteiger partial charge in [-0.05, 0) is 49.6 Å². The van der Waals surface area contributed by atoms with Crippen molar-refractivity contribution in [1.82, 2.24) is 14.6 Å². The van der Waals surface area contributed by atoms with Crippen LogP contribution in [0.2, 0.25) is 0 Å². The molecule has 0 radical (unpaired) electrons. The van der Waals surface area contributed by atoms with Gasteiger partial charge in [-0.3, -0.25) is 9.59 Å². The van der Waals surface area contributed by atoms with E-state index < -0.39 is 32.5 Å². The quantitative estimate of drug-likeness (QED) is 0.651. The third kappa shape index (κ3) is 6.07. The summed E-state index contributed by atoms with van der Waals surface area (Å²) >= 11 is 0. The van der Waals surface area contributed by atoms with Crippen LogP contribution in [-0.4, -0.2) is 49.8 Å². The van der Waals surface area contributed by atoms with E-state index in [0.717, 1.165) is 17.7 Å². The minimum absolute atomic E-state index is 0.128. The second-order valence-corrected chi connectivity index (χ2v) is 9.38. The van der Waals surface area contributed by atoms with Crippen LogP contribution < -0.4 is 10.0 Å². The standard InChI is InChI=1S/C21H24F2N4O4S/c1-14-4-7-19(24-12-14)26-21(29)15-3-2-10-27(13-15)20(28)8-9-25-32(30,31)16-5-6-17(22)18(23)11-16/h4-7,11-12,15,25H,2-3,8-10,13H2,1H3,(H,24,26,29). The third-order valence-electron chi connectivity index (χ3n) is 5.14. The molecule has 2 aromatic rings. The Kier molecular flexibility index (Phi) is 7.52. The summed E-state index contributed by atoms with van der Waals surface area (Å²) in [6.07, 6.45) is 2.79. The number of aryl methyl sites for hydroxylation is 1. The second-order valence-electron chi connectivity index (χ2n) is 7.61. The molecular weight excluding hydrogens is 442 g/mol. The molecule has 1 aromatic carbocycles. The van der Waals surface area contributed by atoms with Gasteiger partial charge in [0.25, 0.3) is 0 Å². The van der Waals surface area contributed by atoms with Gasteiger partial charge < -0.3 is 10.2 Å². The molecule has 32 heavy (non-hydrogen) atoms. The Hall–Kier alpha value is -2.92. The molecule has 1 aliphatic heterocycles. The fourth-order valence-electron chi connectivity index (χ4n) is 3.37. The van der Waals surface area contributed by atoms with Crippen molar-refractivity contribution in [2.24, 2.45) is 5.92 Å². The summed E-state index contributed by atoms with van der Waals surface area (Å²) in [5.74, 6) is -2.91. The Labute approximate surface area is 185 Å². The van der Waals surface area contributed by atoms with Crippen LogP contribution in [0.5, 0.6) is 0 Å². The maximum atomic E-state index is 13.3. The first kappa shape index (κ1) is 23.7. The first-order valence-corrected chi connectivity index (χ1v) is 11.6. The molecule has 1 fully saturated rings. The minimum atomic E-state index is -4.09. The molecule has 2 heterocycles. The number of aromatic nitrogens is 1. The molecule has 2 N–H and O–H groups in total. The lowest BCUT2D eigenvalue weighted by atomic mass is 9.97. The molecule has 1 atom stereocenters. The van der Waals surface area contributed by atoms with Gasteiger partial charge in [0, 0.05) is 32.3 Å². The van der Waals surface area contributed by atoms with Crippen LogP contribution in [-0.2, 0) is 19.6 Å². The highest BCUT2D eigenvalue weighted by Gasteiger charge is 2.28. The van der Waals surface area contributed by atoms with Crippen LogP contribution in [0.1, 0.15) is 24.8 Å². The third-order valence-corrected chi connectivity index (χ3v) is 6.60. The van der Waals surface area contributed by atoms with Crippen molar-refractivity contribution >= 4 is 27.7 Å². The zero-order chi connectivity index (χ0) is 23.3. The number of nitrogens with one attached hydrogen (secondary N) is 2. The van der Waals surface area contributed by atoms with Gasteiger partial charge in [-0.25, -0.2) is 26.9 Å². The van der Waals surface area contributed by atoms with E-state index in [1.165, 1.54) is 4.90 Å². The topological polar surface area (TPSA) is 108 Å². The minimum Gasteiger partial charge on any atom is -0.342 e. The van der Waals surface area contributed by atoms with Crippen molar-refractivity contribution in [3.63, 3.8) is 0 Å². The van der Waals surface area contributed by atoms with Crippen molar-refractivity contribution in [3.8, 4) is 0 Å². The lowest BCUT2D eigenvalue weighted by molar-refractivity contribution is -0.134. The largest absolute Gasteiger partial charge is 0.342 e. The molecule has 11 heteroatoms. The Morgan fingerprint density at radius 2 is 1.97 bits per heavy atom. The monoisotopic (exact) mass is 466 g/mol. The number of sulfonamides is 1. The van der Waals surface area contributed by atoms with E-state index in [1.807, 2.05) is 13.0 Å². The average molecular weight is 467 g/mol. The SMILES string of the molecule is Cc1ccc(NC(=O)C2CCCN(C(=O)CCNS(=O)(=O)c3ccc(F)c(F)c3)C2)nc1. The molecule has 1 unspecified atom stereocenters. The first-order chi connectivity index (χ1) is 15.2. The van der Waals surface area contributed by atoms with E-state index >= 15 is 0 Å². The number of carbonyl (C=O) groups excluding carboxylic acids is 2. The summed E-state index contributed by atoms with van der Waals surface area (Å²) in [5.41, 5.74) is 0.970. The first-order valence-electron chi connectivity index (χ1n) is 10.1. The molecule has 0 aliphatic carbocycles. The van der Waals surface area contributed by atoms with E-state index in [4.69, 9.17) is 0 Å². The van der Waals surface area contributed by atoms with E-state index in [0.29, 0.717) is 31.3 Å². The van der Waals surface area contributed by atoms with Gasteiger partial charge >= 0.3 is 0 Å². The van der Waals surface area contributed by atoms with Crippen molar-refractivity contribution < 1.29 is 26.8 Å². The van der Waals surface area contributed by atoms with Gasteiger partial charge in [0.1, 0.15) is 5.82 Å². The van der Waals surface area contributed by atoms with Crippen molar-refractivity contribution in [2.75, 3.05) is 25.0 Å². The van der Waals surface area contributed by atoms with Crippen LogP contribution in [0.4, 0.5) is 14.6 Å². The van der Waals surface area contributed by atoms with Gasteiger partial charge in [-0.1, -0.05) is 6.07 Å². The van der Waals surface area contributed by atoms with E-state index in [-0.39, 0.29) is 31.3 Å². The van der Waals surface area contributed by atoms with Crippen LogP contribution in [0.3, 0.4) is 0 Å². The van der Waals surface area contributed by atoms with E-state index in [9.17, 15) is 26.8 Å². The van der Waals surface area contributed by atoms with E-state index in [2.05, 4.69) is 15.0 Å². The fraction of sp³-hybridized carbons (Fsp3) is 0.381. The number of hydrogen-bond donors (Lipinski definition) is 2. The molecule has 1 saturated heterocycles. The van der Waals surface area contributed by atoms with Gasteiger partial charge in [0.2, 0.25) is 21.8 Å². The smallest absolute Gasteiger partial charge is 0.240 e. The molecule has 1 aliphatic rings. The normalized spacial score (nSPS) is 16.6. The highest BCUT2D eigenvalue weighted by Crippen LogP contribution is 2.19. The zero-order valence-corrected chi connectivity index (χ0v) is 18.3. The molecule has 3 rings (SSSR count). The zero-order valence-electron chi connectivity index (χ0n) is 17.5. The second kappa shape index (κ2) is 10.1. The molecule has 0 saturated carbocycles. The number of rotatable bonds is 7. The number of halogens is 2. The van der Waals surface area contributed by atoms with Crippen molar-refractivity contribution in [2.45, 2.75) is 31.1 Å². The number of piperidine rings is 1. The highest BCUT2D eigenvalue weighted by atomic mass is 32.2. The number of carbonyl (C=O) groups is 2. The van der Waals surface area contributed by atoms with Crippen molar-refractivity contribution in [3.05, 3.63) is 53.7 Å². The number of amides is 2. The maximum Gasteiger partial charge on any atom is 0.240 e. The van der Waals surface area contributed by atoms with Gasteiger partial charge in [-0.15, -0.1) is 0 Å². The lowest BCUT2D eigenvalue weighted by Gasteiger charge is -2.32. The molecule has 8 nitrogen and oxygen atoms in total. The summed E-state index contributed by atoms with van der Waals surface area (Å²) in [4.78, 5) is 30.3. The average Bonchev–Trinajstić information content (AvgIpc) is 2.77. The predicted octanol–water partition coefficient (Wildman–Crippen LogP) is 2.21. The van der Waals surface area contributed by atoms with Crippen LogP contribution >= 0.6 is 0 Å². The summed E-state index contributed by atoms with van der Waals surface area (Å²) in [6.45, 7) is 2.38. The number of nitrogens with zero attached hydrogens (tertiary/aromatic N) is 2. The van der Waals surface area contributed by atoms with E-state index in [1.54, 1.807) is 12.3 Å². The summed E-state index contributed by atoms with van der Waals surface area (Å²) in [6, 6.07) is 5.79. The van der Waals surface area contributed by atoms with Gasteiger partial charge in [-0.2, -0.15) is 0 Å². The fourth-order valence-corrected chi connectivity index (χ4v) is 4.41. The van der Waals surface area contributed by atoms with Gasteiger partial charge in [0.05, 0.1) is 10.8 Å². The number of hydrogen-bond acceptors (Lipinski definition) is 5. The summed E-state index contributed by atoms with van der Waals surface area (Å²) in [7, 11) is -4.09. The van der Waals surface area contributed by atoms with Crippen LogP contribution in [0, 0.1) is 24.5 Å². The molecule has 1 aromatic heterocycles. The van der Waals surface area contributed by atoms with Crippen molar-refractivity contribution in [1.29, 1.82) is 0 Å². The number of anilines is 1. The molecular formula is C21H24F2N4O4S. The van der Waals surface area contributed by atoms with Crippen LogP contribution in [0.25, 0.3) is 0 Å². The van der Waals surface area contributed by atoms with Gasteiger partial charge in [0.15, 0.2) is 11.6 Å². The predicted molar refractivity (Wildman–Crippen MR) is 113 cm³/mol. The number of pyridine rings is 1. The highest BCUT2D eigenvalue weighted by molar-refractivity contribution is 7.89. The molecule has 0 bridgehead atoms.